The van der Waals surface area contributed by atoms with E-state index < -0.39 is 5.97 Å². The average molecular weight is 459 g/mol. The smallest absolute Gasteiger partial charge is 0.309 e. The van der Waals surface area contributed by atoms with Gasteiger partial charge in [0.15, 0.2) is 0 Å². The minimum atomic E-state index is -0.706. The largest absolute Gasteiger partial charge is 0.490 e. The molecule has 1 aliphatic carbocycles. The number of hydrogen-bond donors (Lipinski definition) is 1. The van der Waals surface area contributed by atoms with Gasteiger partial charge in [-0.15, -0.1) is 0 Å². The number of carboxylic acid groups (broad SMARTS) is 1. The van der Waals surface area contributed by atoms with Crippen molar-refractivity contribution < 1.29 is 19.2 Å². The van der Waals surface area contributed by atoms with Crippen LogP contribution < -0.4 is 4.74 Å². The van der Waals surface area contributed by atoms with Crippen LogP contribution in [0.4, 0.5) is 0 Å². The molecule has 5 rings (SSSR count). The third-order valence-corrected chi connectivity index (χ3v) is 6.56. The van der Waals surface area contributed by atoms with Crippen LogP contribution in [0.25, 0.3) is 22.8 Å². The van der Waals surface area contributed by atoms with Crippen molar-refractivity contribution in [3.8, 4) is 34.7 Å². The zero-order chi connectivity index (χ0) is 23.8. The first-order chi connectivity index (χ1) is 16.4. The number of rotatable bonds is 7. The summed E-state index contributed by atoms with van der Waals surface area (Å²) in [6.45, 7) is 5.96. The number of benzene rings is 2. The Hall–Kier alpha value is -3.70. The van der Waals surface area contributed by atoms with Crippen molar-refractivity contribution in [3.63, 3.8) is 0 Å². The number of nitrogens with zero attached hydrogens (tertiary/aromatic N) is 4. The monoisotopic (exact) mass is 458 g/mol. The maximum absolute atomic E-state index is 11.1. The number of carboxylic acids is 1. The standard InChI is InChI=1S/C26H26N4O4/c1-15(2)33-23-9-7-16(10-18(23)11-27)25-28-24(29-34-25)22-5-3-4-20-17(6-8-21(20)22)12-30-13-19(14-30)26(31)32/h3-5,7,9-10,15,17,19H,6,8,12-14H2,1-2H3,(H,31,32). The Labute approximate surface area is 197 Å². The van der Waals surface area contributed by atoms with Crippen LogP contribution in [0, 0.1) is 17.2 Å². The van der Waals surface area contributed by atoms with E-state index in [1.54, 1.807) is 12.1 Å². The second-order valence-electron chi connectivity index (χ2n) is 9.28. The molecule has 8 heteroatoms. The van der Waals surface area contributed by atoms with Crippen LogP contribution in [0.15, 0.2) is 40.9 Å². The highest BCUT2D eigenvalue weighted by molar-refractivity contribution is 5.71. The molecule has 1 saturated heterocycles. The van der Waals surface area contributed by atoms with Crippen LogP contribution in [0.2, 0.25) is 0 Å². The molecule has 0 radical (unpaired) electrons. The molecule has 3 aromatic rings. The molecule has 1 N–H and O–H groups in total. The van der Waals surface area contributed by atoms with Gasteiger partial charge in [-0.3, -0.25) is 4.79 Å². The normalized spacial score (nSPS) is 17.9. The van der Waals surface area contributed by atoms with E-state index in [4.69, 9.17) is 14.4 Å². The van der Waals surface area contributed by atoms with Crippen LogP contribution in [0.5, 0.6) is 5.75 Å². The molecule has 0 saturated carbocycles. The van der Waals surface area contributed by atoms with Crippen LogP contribution in [0.1, 0.15) is 42.9 Å². The fourth-order valence-corrected chi connectivity index (χ4v) is 4.88. The highest BCUT2D eigenvalue weighted by Gasteiger charge is 2.35. The molecule has 2 heterocycles. The molecule has 0 amide bonds. The molecule has 2 aliphatic rings. The lowest BCUT2D eigenvalue weighted by molar-refractivity contribution is -0.147. The lowest BCUT2D eigenvalue weighted by Crippen LogP contribution is -2.51. The number of nitriles is 1. The van der Waals surface area contributed by atoms with E-state index in [9.17, 15) is 10.1 Å². The predicted octanol–water partition coefficient (Wildman–Crippen LogP) is 4.11. The molecule has 34 heavy (non-hydrogen) atoms. The van der Waals surface area contributed by atoms with Crippen molar-refractivity contribution in [2.24, 2.45) is 5.92 Å². The molecule has 1 fully saturated rings. The maximum Gasteiger partial charge on any atom is 0.309 e. The molecular weight excluding hydrogens is 432 g/mol. The van der Waals surface area contributed by atoms with Gasteiger partial charge in [-0.25, -0.2) is 0 Å². The second-order valence-corrected chi connectivity index (χ2v) is 9.28. The molecule has 1 atom stereocenters. The molecule has 0 bridgehead atoms. The highest BCUT2D eigenvalue weighted by Crippen LogP contribution is 2.40. The topological polar surface area (TPSA) is 112 Å². The molecule has 174 valence electrons. The summed E-state index contributed by atoms with van der Waals surface area (Å²) < 4.78 is 11.3. The summed E-state index contributed by atoms with van der Waals surface area (Å²) in [5.41, 5.74) is 4.56. The minimum Gasteiger partial charge on any atom is -0.490 e. The fraction of sp³-hybridized carbons (Fsp3) is 0.385. The van der Waals surface area contributed by atoms with Crippen LogP contribution in [-0.2, 0) is 11.2 Å². The van der Waals surface area contributed by atoms with Gasteiger partial charge in [0.25, 0.3) is 5.89 Å². The van der Waals surface area contributed by atoms with Gasteiger partial charge in [0.1, 0.15) is 11.8 Å². The third-order valence-electron chi connectivity index (χ3n) is 6.56. The molecule has 1 unspecified atom stereocenters. The van der Waals surface area contributed by atoms with Gasteiger partial charge in [0.2, 0.25) is 5.82 Å². The molecule has 1 aromatic heterocycles. The third kappa shape index (κ3) is 4.15. The first-order valence-corrected chi connectivity index (χ1v) is 11.5. The highest BCUT2D eigenvalue weighted by atomic mass is 16.5. The van der Waals surface area contributed by atoms with E-state index in [-0.39, 0.29) is 12.0 Å². The van der Waals surface area contributed by atoms with Gasteiger partial charge >= 0.3 is 5.97 Å². The van der Waals surface area contributed by atoms with Crippen molar-refractivity contribution in [2.75, 3.05) is 19.6 Å². The Bertz CT molecular complexity index is 1270. The zero-order valence-electron chi connectivity index (χ0n) is 19.2. The Morgan fingerprint density at radius 2 is 2.15 bits per heavy atom. The molecular formula is C26H26N4O4. The van der Waals surface area contributed by atoms with Crippen molar-refractivity contribution >= 4 is 5.97 Å². The summed E-state index contributed by atoms with van der Waals surface area (Å²) in [4.78, 5) is 17.9. The number of aromatic nitrogens is 2. The maximum atomic E-state index is 11.1. The second kappa shape index (κ2) is 8.92. The molecule has 1 aliphatic heterocycles. The lowest BCUT2D eigenvalue weighted by Gasteiger charge is -2.38. The summed E-state index contributed by atoms with van der Waals surface area (Å²) in [7, 11) is 0. The number of ether oxygens (including phenoxy) is 1. The Kier molecular flexibility index (Phi) is 5.80. The Morgan fingerprint density at radius 1 is 1.32 bits per heavy atom. The van der Waals surface area contributed by atoms with E-state index in [1.165, 1.54) is 11.1 Å². The first-order valence-electron chi connectivity index (χ1n) is 11.5. The quantitative estimate of drug-likeness (QED) is 0.563. The van der Waals surface area contributed by atoms with Gasteiger partial charge in [-0.2, -0.15) is 10.2 Å². The Balaban J connectivity index is 1.36. The molecule has 0 spiro atoms. The fourth-order valence-electron chi connectivity index (χ4n) is 4.88. The van der Waals surface area contributed by atoms with E-state index in [0.717, 1.165) is 24.9 Å². The van der Waals surface area contributed by atoms with E-state index in [2.05, 4.69) is 27.2 Å². The molecule has 2 aromatic carbocycles. The summed E-state index contributed by atoms with van der Waals surface area (Å²) in [6, 6.07) is 13.6. The number of carbonyl (C=O) groups is 1. The first kappa shape index (κ1) is 22.1. The van der Waals surface area contributed by atoms with Crippen molar-refractivity contribution in [2.45, 2.75) is 38.7 Å². The van der Waals surface area contributed by atoms with Crippen molar-refractivity contribution in [1.29, 1.82) is 5.26 Å². The SMILES string of the molecule is CC(C)Oc1ccc(-c2nc(-c3cccc4c3CCC4CN3CC(C(=O)O)C3)no2)cc1C#N. The van der Waals surface area contributed by atoms with E-state index >= 15 is 0 Å². The predicted molar refractivity (Wildman–Crippen MR) is 124 cm³/mol. The van der Waals surface area contributed by atoms with Crippen LogP contribution in [0.3, 0.4) is 0 Å². The average Bonchev–Trinajstić information content (AvgIpc) is 3.43. The van der Waals surface area contributed by atoms with Crippen molar-refractivity contribution in [1.82, 2.24) is 15.0 Å². The lowest BCUT2D eigenvalue weighted by atomic mass is 9.94. The van der Waals surface area contributed by atoms with Crippen LogP contribution in [-0.4, -0.2) is 51.9 Å². The van der Waals surface area contributed by atoms with Gasteiger partial charge in [-0.05, 0) is 61.9 Å². The summed E-state index contributed by atoms with van der Waals surface area (Å²) in [5, 5.41) is 22.9. The van der Waals surface area contributed by atoms with Gasteiger partial charge in [-0.1, -0.05) is 23.4 Å². The molecule has 8 nitrogen and oxygen atoms in total. The van der Waals surface area contributed by atoms with Gasteiger partial charge < -0.3 is 19.3 Å². The number of aliphatic carboxylic acids is 1. The summed E-state index contributed by atoms with van der Waals surface area (Å²) in [6.07, 6.45) is 1.92. The number of likely N-dealkylation sites (tertiary alicyclic amines) is 1. The number of hydrogen-bond acceptors (Lipinski definition) is 7. The van der Waals surface area contributed by atoms with Crippen LogP contribution >= 0.6 is 0 Å². The summed E-state index contributed by atoms with van der Waals surface area (Å²) >= 11 is 0. The zero-order valence-corrected chi connectivity index (χ0v) is 19.2. The van der Waals surface area contributed by atoms with E-state index in [0.29, 0.717) is 47.6 Å². The van der Waals surface area contributed by atoms with Gasteiger partial charge in [0.05, 0.1) is 17.6 Å². The van der Waals surface area contributed by atoms with Crippen molar-refractivity contribution in [3.05, 3.63) is 53.1 Å². The minimum absolute atomic E-state index is 0.0309. The van der Waals surface area contributed by atoms with Gasteiger partial charge in [0, 0.05) is 30.8 Å². The Morgan fingerprint density at radius 3 is 2.88 bits per heavy atom. The summed E-state index contributed by atoms with van der Waals surface area (Å²) in [5.74, 6) is 0.853. The number of fused-ring (bicyclic) bond motifs is 1. The van der Waals surface area contributed by atoms with E-state index in [1.807, 2.05) is 32.0 Å².